The van der Waals surface area contributed by atoms with E-state index in [1.807, 2.05) is 32.0 Å². The van der Waals surface area contributed by atoms with Crippen LogP contribution in [-0.4, -0.2) is 5.78 Å². The van der Waals surface area contributed by atoms with Crippen LogP contribution in [-0.2, 0) is 0 Å². The van der Waals surface area contributed by atoms with E-state index >= 15 is 0 Å². The van der Waals surface area contributed by atoms with Gasteiger partial charge in [-0.2, -0.15) is 0 Å². The van der Waals surface area contributed by atoms with Gasteiger partial charge in [0.25, 0.3) is 0 Å². The van der Waals surface area contributed by atoms with Gasteiger partial charge in [-0.25, -0.2) is 0 Å². The standard InChI is InChI=1S/C13H12O2/c1-9-5-6-11(8-10(9)2)13(14)12-4-3-7-15-12/h3-8H,1-2H3. The summed E-state index contributed by atoms with van der Waals surface area (Å²) in [5.74, 6) is 0.321. The molecule has 1 heterocycles. The van der Waals surface area contributed by atoms with Gasteiger partial charge in [0.05, 0.1) is 6.26 Å². The summed E-state index contributed by atoms with van der Waals surface area (Å²) >= 11 is 0. The Morgan fingerprint density at radius 2 is 1.93 bits per heavy atom. The van der Waals surface area contributed by atoms with Crippen LogP contribution in [0.15, 0.2) is 41.0 Å². The number of carbonyl (C=O) groups is 1. The molecule has 0 amide bonds. The molecule has 76 valence electrons. The van der Waals surface area contributed by atoms with Crippen molar-refractivity contribution in [3.8, 4) is 0 Å². The second kappa shape index (κ2) is 3.73. The molecule has 0 atom stereocenters. The average molecular weight is 200 g/mol. The lowest BCUT2D eigenvalue weighted by Gasteiger charge is -2.02. The monoisotopic (exact) mass is 200 g/mol. The molecule has 0 bridgehead atoms. The Bertz CT molecular complexity index is 481. The molecule has 0 unspecified atom stereocenters. The molecule has 0 aliphatic heterocycles. The first kappa shape index (κ1) is 9.71. The molecule has 2 aromatic rings. The minimum absolute atomic E-state index is 0.0666. The van der Waals surface area contributed by atoms with Gasteiger partial charge in [0.2, 0.25) is 5.78 Å². The van der Waals surface area contributed by atoms with Crippen LogP contribution in [0.1, 0.15) is 27.2 Å². The number of furan rings is 1. The zero-order valence-corrected chi connectivity index (χ0v) is 8.78. The summed E-state index contributed by atoms with van der Waals surface area (Å²) in [5.41, 5.74) is 2.98. The van der Waals surface area contributed by atoms with Gasteiger partial charge in [0.1, 0.15) is 0 Å². The van der Waals surface area contributed by atoms with Crippen molar-refractivity contribution in [3.63, 3.8) is 0 Å². The number of aryl methyl sites for hydroxylation is 2. The van der Waals surface area contributed by atoms with Gasteiger partial charge in [-0.05, 0) is 43.2 Å². The molecule has 0 spiro atoms. The Labute approximate surface area is 88.5 Å². The third-order valence-electron chi connectivity index (χ3n) is 2.51. The van der Waals surface area contributed by atoms with Crippen molar-refractivity contribution in [2.45, 2.75) is 13.8 Å². The zero-order chi connectivity index (χ0) is 10.8. The maximum absolute atomic E-state index is 11.9. The van der Waals surface area contributed by atoms with E-state index in [9.17, 15) is 4.79 Å². The third kappa shape index (κ3) is 1.84. The molecule has 0 saturated heterocycles. The van der Waals surface area contributed by atoms with E-state index in [1.54, 1.807) is 12.1 Å². The Balaban J connectivity index is 2.39. The Hall–Kier alpha value is -1.83. The summed E-state index contributed by atoms with van der Waals surface area (Å²) in [7, 11) is 0. The van der Waals surface area contributed by atoms with Crippen LogP contribution in [0.5, 0.6) is 0 Å². The fraction of sp³-hybridized carbons (Fsp3) is 0.154. The third-order valence-corrected chi connectivity index (χ3v) is 2.51. The Morgan fingerprint density at radius 1 is 1.13 bits per heavy atom. The number of ketones is 1. The lowest BCUT2D eigenvalue weighted by Crippen LogP contribution is -2.00. The highest BCUT2D eigenvalue weighted by Crippen LogP contribution is 2.14. The van der Waals surface area contributed by atoms with E-state index in [0.717, 1.165) is 5.56 Å². The quantitative estimate of drug-likeness (QED) is 0.697. The normalized spacial score (nSPS) is 10.3. The molecule has 1 aromatic carbocycles. The Morgan fingerprint density at radius 3 is 2.53 bits per heavy atom. The molecule has 2 rings (SSSR count). The van der Waals surface area contributed by atoms with Crippen LogP contribution < -0.4 is 0 Å². The minimum Gasteiger partial charge on any atom is -0.461 e. The van der Waals surface area contributed by atoms with E-state index in [2.05, 4.69) is 0 Å². The van der Waals surface area contributed by atoms with Crippen molar-refractivity contribution in [2.75, 3.05) is 0 Å². The number of hydrogen-bond donors (Lipinski definition) is 0. The molecule has 15 heavy (non-hydrogen) atoms. The van der Waals surface area contributed by atoms with Gasteiger partial charge < -0.3 is 4.42 Å². The van der Waals surface area contributed by atoms with E-state index in [-0.39, 0.29) is 5.78 Å². The van der Waals surface area contributed by atoms with Crippen molar-refractivity contribution in [1.82, 2.24) is 0 Å². The summed E-state index contributed by atoms with van der Waals surface area (Å²) in [6, 6.07) is 9.06. The van der Waals surface area contributed by atoms with Crippen LogP contribution in [0.3, 0.4) is 0 Å². The first-order valence-corrected chi connectivity index (χ1v) is 4.84. The van der Waals surface area contributed by atoms with E-state index in [1.165, 1.54) is 11.8 Å². The number of hydrogen-bond acceptors (Lipinski definition) is 2. The molecule has 0 N–H and O–H groups in total. The molecule has 0 fully saturated rings. The van der Waals surface area contributed by atoms with Crippen LogP contribution >= 0.6 is 0 Å². The van der Waals surface area contributed by atoms with E-state index < -0.39 is 0 Å². The number of rotatable bonds is 2. The fourth-order valence-corrected chi connectivity index (χ4v) is 1.43. The lowest BCUT2D eigenvalue weighted by atomic mass is 10.0. The molecular formula is C13H12O2. The molecule has 0 radical (unpaired) electrons. The first-order chi connectivity index (χ1) is 7.18. The highest BCUT2D eigenvalue weighted by molar-refractivity contribution is 6.07. The van der Waals surface area contributed by atoms with Crippen LogP contribution in [0, 0.1) is 13.8 Å². The van der Waals surface area contributed by atoms with Gasteiger partial charge in [-0.1, -0.05) is 12.1 Å². The molecule has 1 aromatic heterocycles. The van der Waals surface area contributed by atoms with Crippen molar-refractivity contribution in [1.29, 1.82) is 0 Å². The molecule has 0 aliphatic rings. The van der Waals surface area contributed by atoms with Gasteiger partial charge in [0.15, 0.2) is 5.76 Å². The van der Waals surface area contributed by atoms with Gasteiger partial charge in [0, 0.05) is 5.56 Å². The first-order valence-electron chi connectivity index (χ1n) is 4.84. The summed E-state index contributed by atoms with van der Waals surface area (Å²) in [6.07, 6.45) is 1.51. The smallest absolute Gasteiger partial charge is 0.228 e. The predicted molar refractivity (Wildman–Crippen MR) is 58.1 cm³/mol. The largest absolute Gasteiger partial charge is 0.461 e. The van der Waals surface area contributed by atoms with Crippen molar-refractivity contribution < 1.29 is 9.21 Å². The minimum atomic E-state index is -0.0666. The van der Waals surface area contributed by atoms with Crippen molar-refractivity contribution >= 4 is 5.78 Å². The van der Waals surface area contributed by atoms with Crippen molar-refractivity contribution in [3.05, 3.63) is 59.0 Å². The summed E-state index contributed by atoms with van der Waals surface area (Å²) in [5, 5.41) is 0. The lowest BCUT2D eigenvalue weighted by molar-refractivity contribution is 0.101. The predicted octanol–water partition coefficient (Wildman–Crippen LogP) is 3.13. The van der Waals surface area contributed by atoms with Gasteiger partial charge in [-0.15, -0.1) is 0 Å². The Kier molecular flexibility index (Phi) is 2.42. The fourth-order valence-electron chi connectivity index (χ4n) is 1.43. The highest BCUT2D eigenvalue weighted by Gasteiger charge is 2.11. The van der Waals surface area contributed by atoms with Gasteiger partial charge >= 0.3 is 0 Å². The maximum Gasteiger partial charge on any atom is 0.228 e. The zero-order valence-electron chi connectivity index (χ0n) is 8.78. The van der Waals surface area contributed by atoms with E-state index in [0.29, 0.717) is 11.3 Å². The molecule has 0 saturated carbocycles. The van der Waals surface area contributed by atoms with Crippen LogP contribution in [0.25, 0.3) is 0 Å². The topological polar surface area (TPSA) is 30.2 Å². The summed E-state index contributed by atoms with van der Waals surface area (Å²) in [6.45, 7) is 4.02. The second-order valence-corrected chi connectivity index (χ2v) is 3.61. The van der Waals surface area contributed by atoms with Crippen LogP contribution in [0.2, 0.25) is 0 Å². The maximum atomic E-state index is 11.9. The van der Waals surface area contributed by atoms with Gasteiger partial charge in [-0.3, -0.25) is 4.79 Å². The second-order valence-electron chi connectivity index (χ2n) is 3.61. The summed E-state index contributed by atoms with van der Waals surface area (Å²) in [4.78, 5) is 11.9. The van der Waals surface area contributed by atoms with E-state index in [4.69, 9.17) is 4.42 Å². The summed E-state index contributed by atoms with van der Waals surface area (Å²) < 4.78 is 5.07. The molecule has 2 heteroatoms. The SMILES string of the molecule is Cc1ccc(C(=O)c2ccco2)cc1C. The number of carbonyl (C=O) groups excluding carboxylic acids is 1. The van der Waals surface area contributed by atoms with Crippen LogP contribution in [0.4, 0.5) is 0 Å². The molecule has 2 nitrogen and oxygen atoms in total. The molecular weight excluding hydrogens is 188 g/mol. The molecule has 0 aliphatic carbocycles. The van der Waals surface area contributed by atoms with Crippen molar-refractivity contribution in [2.24, 2.45) is 0 Å². The highest BCUT2D eigenvalue weighted by atomic mass is 16.3. The average Bonchev–Trinajstić information content (AvgIpc) is 2.74. The number of benzene rings is 1.